The number of carbonyl (C=O) groups is 1. The second-order valence-electron chi connectivity index (χ2n) is 4.79. The summed E-state index contributed by atoms with van der Waals surface area (Å²) in [6, 6.07) is 6.11. The quantitative estimate of drug-likeness (QED) is 0.635. The molecule has 90 valence electrons. The van der Waals surface area contributed by atoms with Crippen LogP contribution in [0.5, 0.6) is 0 Å². The Labute approximate surface area is 103 Å². The van der Waals surface area contributed by atoms with Gasteiger partial charge in [0.15, 0.2) is 5.78 Å². The van der Waals surface area contributed by atoms with E-state index < -0.39 is 0 Å². The van der Waals surface area contributed by atoms with E-state index in [1.807, 2.05) is 19.1 Å². The molecule has 1 heterocycles. The van der Waals surface area contributed by atoms with Crippen LogP contribution in [-0.2, 0) is 13.0 Å². The van der Waals surface area contributed by atoms with Gasteiger partial charge >= 0.3 is 0 Å². The van der Waals surface area contributed by atoms with Crippen LogP contribution in [0.4, 0.5) is 0 Å². The van der Waals surface area contributed by atoms with E-state index in [4.69, 9.17) is 0 Å². The minimum Gasteiger partial charge on any atom is -0.312 e. The minimum atomic E-state index is 0.223. The normalized spacial score (nSPS) is 14.2. The molecule has 2 heteroatoms. The second kappa shape index (κ2) is 5.28. The fourth-order valence-corrected chi connectivity index (χ4v) is 2.13. The van der Waals surface area contributed by atoms with Gasteiger partial charge < -0.3 is 5.32 Å². The van der Waals surface area contributed by atoms with E-state index in [0.717, 1.165) is 37.1 Å². The molecule has 0 bridgehead atoms. The molecule has 1 aromatic carbocycles. The Morgan fingerprint density at radius 3 is 2.94 bits per heavy atom. The van der Waals surface area contributed by atoms with Gasteiger partial charge in [0.25, 0.3) is 0 Å². The number of benzene rings is 1. The van der Waals surface area contributed by atoms with Crippen molar-refractivity contribution in [3.63, 3.8) is 0 Å². The number of rotatable bonds is 4. The molecule has 1 aliphatic rings. The van der Waals surface area contributed by atoms with Gasteiger partial charge in [-0.05, 0) is 43.5 Å². The van der Waals surface area contributed by atoms with Crippen LogP contribution >= 0.6 is 0 Å². The van der Waals surface area contributed by atoms with Crippen LogP contribution in [0.15, 0.2) is 30.4 Å². The highest BCUT2D eigenvalue weighted by Gasteiger charge is 2.12. The molecule has 0 saturated carbocycles. The molecule has 2 rings (SSSR count). The first-order valence-corrected chi connectivity index (χ1v) is 6.17. The van der Waals surface area contributed by atoms with Crippen molar-refractivity contribution in [2.24, 2.45) is 0 Å². The number of Topliss-reactive ketones (excluding diaryl/α,β-unsaturated/α-hetero) is 1. The van der Waals surface area contributed by atoms with E-state index in [1.165, 1.54) is 11.1 Å². The number of carbonyl (C=O) groups excluding carboxylic acids is 1. The third kappa shape index (κ3) is 3.04. The number of nitrogens with one attached hydrogen (secondary N) is 1. The summed E-state index contributed by atoms with van der Waals surface area (Å²) < 4.78 is 0. The molecule has 0 aliphatic carbocycles. The van der Waals surface area contributed by atoms with Gasteiger partial charge in [0.1, 0.15) is 0 Å². The predicted octanol–water partition coefficient (Wildman–Crippen LogP) is 2.87. The number of hydrogen-bond donors (Lipinski definition) is 1. The summed E-state index contributed by atoms with van der Waals surface area (Å²) >= 11 is 0. The minimum absolute atomic E-state index is 0.223. The molecular formula is C15H19NO. The van der Waals surface area contributed by atoms with Gasteiger partial charge in [0.05, 0.1) is 0 Å². The van der Waals surface area contributed by atoms with Crippen molar-refractivity contribution in [1.82, 2.24) is 5.32 Å². The van der Waals surface area contributed by atoms with Crippen molar-refractivity contribution >= 4 is 5.78 Å². The highest BCUT2D eigenvalue weighted by atomic mass is 16.1. The average molecular weight is 229 g/mol. The summed E-state index contributed by atoms with van der Waals surface area (Å²) in [6.45, 7) is 7.71. The van der Waals surface area contributed by atoms with Crippen LogP contribution in [-0.4, -0.2) is 12.3 Å². The highest BCUT2D eigenvalue weighted by molar-refractivity contribution is 5.96. The van der Waals surface area contributed by atoms with E-state index in [-0.39, 0.29) is 5.78 Å². The molecule has 0 amide bonds. The summed E-state index contributed by atoms with van der Waals surface area (Å²) in [5.41, 5.74) is 4.56. The summed E-state index contributed by atoms with van der Waals surface area (Å²) in [7, 11) is 0. The average Bonchev–Trinajstić information content (AvgIpc) is 2.35. The monoisotopic (exact) mass is 229 g/mol. The SMILES string of the molecule is C=C(C)CCC(=O)c1ccc2c(c1)CNCC2. The van der Waals surface area contributed by atoms with Gasteiger partial charge in [-0.25, -0.2) is 0 Å². The number of allylic oxidation sites excluding steroid dienone is 1. The zero-order valence-corrected chi connectivity index (χ0v) is 10.4. The van der Waals surface area contributed by atoms with E-state index in [1.54, 1.807) is 0 Å². The topological polar surface area (TPSA) is 29.1 Å². The Hall–Kier alpha value is -1.41. The maximum Gasteiger partial charge on any atom is 0.163 e. The zero-order valence-electron chi connectivity index (χ0n) is 10.4. The van der Waals surface area contributed by atoms with E-state index in [0.29, 0.717) is 6.42 Å². The van der Waals surface area contributed by atoms with Crippen LogP contribution in [0.25, 0.3) is 0 Å². The summed E-state index contributed by atoms with van der Waals surface area (Å²) in [4.78, 5) is 12.0. The van der Waals surface area contributed by atoms with E-state index >= 15 is 0 Å². The molecule has 1 N–H and O–H groups in total. The van der Waals surface area contributed by atoms with Crippen molar-refractivity contribution in [3.8, 4) is 0 Å². The Bertz CT molecular complexity index is 448. The lowest BCUT2D eigenvalue weighted by atomic mass is 9.95. The standard InChI is InChI=1S/C15H19NO/c1-11(2)3-6-15(17)13-5-4-12-7-8-16-10-14(12)9-13/h4-5,9,16H,1,3,6-8,10H2,2H3. The summed E-state index contributed by atoms with van der Waals surface area (Å²) in [6.07, 6.45) is 2.42. The fraction of sp³-hybridized carbons (Fsp3) is 0.400. The summed E-state index contributed by atoms with van der Waals surface area (Å²) in [5, 5.41) is 3.33. The molecule has 1 aliphatic heterocycles. The number of hydrogen-bond acceptors (Lipinski definition) is 2. The number of fused-ring (bicyclic) bond motifs is 1. The van der Waals surface area contributed by atoms with E-state index in [2.05, 4.69) is 18.0 Å². The lowest BCUT2D eigenvalue weighted by Crippen LogP contribution is -2.23. The van der Waals surface area contributed by atoms with Crippen LogP contribution in [0.2, 0.25) is 0 Å². The molecule has 0 spiro atoms. The number of ketones is 1. The van der Waals surface area contributed by atoms with Gasteiger partial charge in [-0.15, -0.1) is 6.58 Å². The third-order valence-corrected chi connectivity index (χ3v) is 3.19. The molecule has 0 aromatic heterocycles. The lowest BCUT2D eigenvalue weighted by molar-refractivity contribution is 0.0982. The van der Waals surface area contributed by atoms with Crippen molar-refractivity contribution in [3.05, 3.63) is 47.0 Å². The molecule has 2 nitrogen and oxygen atoms in total. The summed E-state index contributed by atoms with van der Waals surface area (Å²) in [5.74, 6) is 0.223. The highest BCUT2D eigenvalue weighted by Crippen LogP contribution is 2.17. The molecule has 0 fully saturated rings. The molecule has 0 radical (unpaired) electrons. The lowest BCUT2D eigenvalue weighted by Gasteiger charge is -2.17. The van der Waals surface area contributed by atoms with Gasteiger partial charge in [-0.2, -0.15) is 0 Å². The molecule has 0 saturated heterocycles. The first-order valence-electron chi connectivity index (χ1n) is 6.17. The van der Waals surface area contributed by atoms with Crippen molar-refractivity contribution in [1.29, 1.82) is 0 Å². The van der Waals surface area contributed by atoms with Crippen LogP contribution in [0.1, 0.15) is 41.3 Å². The van der Waals surface area contributed by atoms with Gasteiger partial charge in [-0.3, -0.25) is 4.79 Å². The molecule has 17 heavy (non-hydrogen) atoms. The first-order chi connectivity index (χ1) is 8.16. The molecule has 1 aromatic rings. The van der Waals surface area contributed by atoms with Gasteiger partial charge in [-0.1, -0.05) is 17.7 Å². The first kappa shape index (κ1) is 12.1. The van der Waals surface area contributed by atoms with Crippen LogP contribution in [0, 0.1) is 0 Å². The zero-order chi connectivity index (χ0) is 12.3. The predicted molar refractivity (Wildman–Crippen MR) is 70.2 cm³/mol. The Balaban J connectivity index is 2.11. The van der Waals surface area contributed by atoms with Crippen LogP contribution in [0.3, 0.4) is 0 Å². The van der Waals surface area contributed by atoms with Crippen LogP contribution < -0.4 is 5.32 Å². The third-order valence-electron chi connectivity index (χ3n) is 3.19. The van der Waals surface area contributed by atoms with Gasteiger partial charge in [0.2, 0.25) is 0 Å². The van der Waals surface area contributed by atoms with Crippen molar-refractivity contribution in [2.45, 2.75) is 32.7 Å². The van der Waals surface area contributed by atoms with Gasteiger partial charge in [0, 0.05) is 18.5 Å². The molecule has 0 unspecified atom stereocenters. The second-order valence-corrected chi connectivity index (χ2v) is 4.79. The smallest absolute Gasteiger partial charge is 0.163 e. The Kier molecular flexibility index (Phi) is 3.75. The van der Waals surface area contributed by atoms with Crippen molar-refractivity contribution in [2.75, 3.05) is 6.54 Å². The maximum absolute atomic E-state index is 12.0. The Morgan fingerprint density at radius 1 is 1.35 bits per heavy atom. The fourth-order valence-electron chi connectivity index (χ4n) is 2.13. The van der Waals surface area contributed by atoms with E-state index in [9.17, 15) is 4.79 Å². The Morgan fingerprint density at radius 2 is 2.18 bits per heavy atom. The molecule has 0 atom stereocenters. The molecular weight excluding hydrogens is 210 g/mol. The maximum atomic E-state index is 12.0. The largest absolute Gasteiger partial charge is 0.312 e. The van der Waals surface area contributed by atoms with Crippen molar-refractivity contribution < 1.29 is 4.79 Å².